The summed E-state index contributed by atoms with van der Waals surface area (Å²) in [5, 5.41) is 8.75. The minimum atomic E-state index is -0.997. The van der Waals surface area contributed by atoms with Crippen LogP contribution in [0, 0.1) is 11.6 Å². The molecule has 1 aromatic carbocycles. The van der Waals surface area contributed by atoms with Crippen molar-refractivity contribution in [2.75, 3.05) is 39.3 Å². The standard InChI is InChI=1S/C15H20F2N2O2/c16-13-4-3-12(11-14(13)17)15(21)19-8-6-18(7-9-19)5-1-2-10-20/h3-4,11,20H,1-2,5-10H2. The fourth-order valence-electron chi connectivity index (χ4n) is 2.43. The van der Waals surface area contributed by atoms with Gasteiger partial charge in [0.15, 0.2) is 11.6 Å². The highest BCUT2D eigenvalue weighted by Crippen LogP contribution is 2.13. The Labute approximate surface area is 123 Å². The zero-order valence-electron chi connectivity index (χ0n) is 11.9. The van der Waals surface area contributed by atoms with Crippen molar-refractivity contribution in [2.45, 2.75) is 12.8 Å². The van der Waals surface area contributed by atoms with Crippen molar-refractivity contribution in [3.8, 4) is 0 Å². The van der Waals surface area contributed by atoms with Crippen LogP contribution in [0.25, 0.3) is 0 Å². The number of carbonyl (C=O) groups excluding carboxylic acids is 1. The summed E-state index contributed by atoms with van der Waals surface area (Å²) in [6.07, 6.45) is 1.72. The van der Waals surface area contributed by atoms with Gasteiger partial charge in [-0.05, 0) is 37.6 Å². The lowest BCUT2D eigenvalue weighted by atomic mass is 10.1. The lowest BCUT2D eigenvalue weighted by Gasteiger charge is -2.34. The molecule has 0 spiro atoms. The van der Waals surface area contributed by atoms with Crippen molar-refractivity contribution in [3.05, 3.63) is 35.4 Å². The van der Waals surface area contributed by atoms with E-state index in [0.717, 1.165) is 44.6 Å². The average Bonchev–Trinajstić information content (AvgIpc) is 2.50. The van der Waals surface area contributed by atoms with Gasteiger partial charge < -0.3 is 10.0 Å². The Hall–Kier alpha value is -1.53. The number of benzene rings is 1. The van der Waals surface area contributed by atoms with E-state index in [4.69, 9.17) is 5.11 Å². The van der Waals surface area contributed by atoms with Gasteiger partial charge in [-0.2, -0.15) is 0 Å². The number of piperazine rings is 1. The molecule has 1 aromatic rings. The number of hydrogen-bond acceptors (Lipinski definition) is 3. The SMILES string of the molecule is O=C(c1ccc(F)c(F)c1)N1CCN(CCCCO)CC1. The molecule has 0 radical (unpaired) electrons. The molecule has 1 heterocycles. The third kappa shape index (κ3) is 4.22. The third-order valence-electron chi connectivity index (χ3n) is 3.71. The topological polar surface area (TPSA) is 43.8 Å². The van der Waals surface area contributed by atoms with Crippen molar-refractivity contribution in [1.82, 2.24) is 9.80 Å². The highest BCUT2D eigenvalue weighted by Gasteiger charge is 2.22. The van der Waals surface area contributed by atoms with Crippen LogP contribution in [0.1, 0.15) is 23.2 Å². The predicted octanol–water partition coefficient (Wildman–Crippen LogP) is 1.50. The van der Waals surface area contributed by atoms with E-state index in [1.54, 1.807) is 4.90 Å². The molecule has 0 bridgehead atoms. The van der Waals surface area contributed by atoms with Crippen molar-refractivity contribution < 1.29 is 18.7 Å². The van der Waals surface area contributed by atoms with E-state index in [2.05, 4.69) is 4.90 Å². The number of rotatable bonds is 5. The van der Waals surface area contributed by atoms with E-state index in [1.807, 2.05) is 0 Å². The predicted molar refractivity (Wildman–Crippen MR) is 75.0 cm³/mol. The van der Waals surface area contributed by atoms with Crippen LogP contribution in [0.5, 0.6) is 0 Å². The summed E-state index contributed by atoms with van der Waals surface area (Å²) >= 11 is 0. The lowest BCUT2D eigenvalue weighted by molar-refractivity contribution is 0.0633. The minimum Gasteiger partial charge on any atom is -0.396 e. The maximum Gasteiger partial charge on any atom is 0.254 e. The molecule has 1 aliphatic heterocycles. The highest BCUT2D eigenvalue weighted by molar-refractivity contribution is 5.94. The van der Waals surface area contributed by atoms with Crippen LogP contribution in [0.15, 0.2) is 18.2 Å². The fourth-order valence-corrected chi connectivity index (χ4v) is 2.43. The first-order chi connectivity index (χ1) is 10.1. The zero-order chi connectivity index (χ0) is 15.2. The van der Waals surface area contributed by atoms with Crippen LogP contribution in [0.2, 0.25) is 0 Å². The summed E-state index contributed by atoms with van der Waals surface area (Å²) in [5.41, 5.74) is 0.183. The first-order valence-electron chi connectivity index (χ1n) is 7.19. The van der Waals surface area contributed by atoms with Crippen molar-refractivity contribution >= 4 is 5.91 Å². The number of hydrogen-bond donors (Lipinski definition) is 1. The van der Waals surface area contributed by atoms with Crippen LogP contribution >= 0.6 is 0 Å². The Morgan fingerprint density at radius 3 is 2.43 bits per heavy atom. The van der Waals surface area contributed by atoms with Gasteiger partial charge in [-0.1, -0.05) is 0 Å². The molecular weight excluding hydrogens is 278 g/mol. The molecule has 0 aromatic heterocycles. The molecule has 1 aliphatic rings. The third-order valence-corrected chi connectivity index (χ3v) is 3.71. The van der Waals surface area contributed by atoms with Gasteiger partial charge >= 0.3 is 0 Å². The number of unbranched alkanes of at least 4 members (excludes halogenated alkanes) is 1. The maximum absolute atomic E-state index is 13.2. The van der Waals surface area contributed by atoms with Gasteiger partial charge in [0.25, 0.3) is 5.91 Å². The van der Waals surface area contributed by atoms with Gasteiger partial charge in [-0.25, -0.2) is 8.78 Å². The number of halogens is 2. The molecule has 4 nitrogen and oxygen atoms in total. The Kier molecular flexibility index (Phi) is 5.64. The summed E-state index contributed by atoms with van der Waals surface area (Å²) in [4.78, 5) is 16.1. The Morgan fingerprint density at radius 2 is 1.81 bits per heavy atom. The first-order valence-corrected chi connectivity index (χ1v) is 7.19. The van der Waals surface area contributed by atoms with Crippen LogP contribution in [0.4, 0.5) is 8.78 Å². The number of aliphatic hydroxyl groups excluding tert-OH is 1. The largest absolute Gasteiger partial charge is 0.396 e. The van der Waals surface area contributed by atoms with Gasteiger partial charge in [0.1, 0.15) is 0 Å². The number of nitrogens with zero attached hydrogens (tertiary/aromatic N) is 2. The van der Waals surface area contributed by atoms with E-state index in [9.17, 15) is 13.6 Å². The molecule has 0 unspecified atom stereocenters. The van der Waals surface area contributed by atoms with Gasteiger partial charge in [0.2, 0.25) is 0 Å². The molecule has 0 aliphatic carbocycles. The number of aliphatic hydroxyl groups is 1. The molecule has 0 atom stereocenters. The second kappa shape index (κ2) is 7.47. The summed E-state index contributed by atoms with van der Waals surface area (Å²) in [5.74, 6) is -2.20. The fraction of sp³-hybridized carbons (Fsp3) is 0.533. The van der Waals surface area contributed by atoms with Crippen molar-refractivity contribution in [1.29, 1.82) is 0 Å². The van der Waals surface area contributed by atoms with E-state index in [-0.39, 0.29) is 18.1 Å². The van der Waals surface area contributed by atoms with Crippen molar-refractivity contribution in [3.63, 3.8) is 0 Å². The Bertz CT molecular complexity index is 489. The van der Waals surface area contributed by atoms with Crippen LogP contribution in [-0.4, -0.2) is 60.1 Å². The normalized spacial score (nSPS) is 16.2. The maximum atomic E-state index is 13.2. The van der Waals surface area contributed by atoms with Gasteiger partial charge in [0, 0.05) is 38.3 Å². The number of amides is 1. The van der Waals surface area contributed by atoms with E-state index in [1.165, 1.54) is 6.07 Å². The first kappa shape index (κ1) is 15.9. The summed E-state index contributed by atoms with van der Waals surface area (Å²) < 4.78 is 26.0. The van der Waals surface area contributed by atoms with E-state index >= 15 is 0 Å². The molecule has 1 N–H and O–H groups in total. The van der Waals surface area contributed by atoms with Crippen LogP contribution in [-0.2, 0) is 0 Å². The van der Waals surface area contributed by atoms with E-state index < -0.39 is 11.6 Å². The molecule has 1 amide bonds. The molecule has 0 saturated carbocycles. The smallest absolute Gasteiger partial charge is 0.254 e. The second-order valence-electron chi connectivity index (χ2n) is 5.19. The molecule has 1 saturated heterocycles. The van der Waals surface area contributed by atoms with Gasteiger partial charge in [-0.15, -0.1) is 0 Å². The summed E-state index contributed by atoms with van der Waals surface area (Å²) in [6, 6.07) is 3.24. The molecular formula is C15H20F2N2O2. The average molecular weight is 298 g/mol. The highest BCUT2D eigenvalue weighted by atomic mass is 19.2. The quantitative estimate of drug-likeness (QED) is 0.838. The van der Waals surface area contributed by atoms with Crippen LogP contribution in [0.3, 0.4) is 0 Å². The molecule has 2 rings (SSSR count). The van der Waals surface area contributed by atoms with Gasteiger partial charge in [-0.3, -0.25) is 9.69 Å². The summed E-state index contributed by atoms with van der Waals surface area (Å²) in [7, 11) is 0. The minimum absolute atomic E-state index is 0.183. The second-order valence-corrected chi connectivity index (χ2v) is 5.19. The Balaban J connectivity index is 1.86. The van der Waals surface area contributed by atoms with E-state index in [0.29, 0.717) is 13.1 Å². The monoisotopic (exact) mass is 298 g/mol. The van der Waals surface area contributed by atoms with Crippen molar-refractivity contribution in [2.24, 2.45) is 0 Å². The molecule has 1 fully saturated rings. The molecule has 116 valence electrons. The lowest BCUT2D eigenvalue weighted by Crippen LogP contribution is -2.48. The Morgan fingerprint density at radius 1 is 1.10 bits per heavy atom. The summed E-state index contributed by atoms with van der Waals surface area (Å²) in [6.45, 7) is 3.80. The molecule has 6 heteroatoms. The zero-order valence-corrected chi connectivity index (χ0v) is 11.9. The molecule has 21 heavy (non-hydrogen) atoms. The number of carbonyl (C=O) groups is 1. The van der Waals surface area contributed by atoms with Crippen LogP contribution < -0.4 is 0 Å². The van der Waals surface area contributed by atoms with Gasteiger partial charge in [0.05, 0.1) is 0 Å².